The third kappa shape index (κ3) is 16.2. The van der Waals surface area contributed by atoms with Crippen molar-refractivity contribution in [2.45, 2.75) is 142 Å². The maximum atomic E-state index is 8.81. The molecule has 2 N–H and O–H groups in total. The van der Waals surface area contributed by atoms with Crippen LogP contribution in [0.5, 0.6) is 0 Å². The Morgan fingerprint density at radius 2 is 0.579 bits per heavy atom. The highest BCUT2D eigenvalue weighted by molar-refractivity contribution is 5.60. The summed E-state index contributed by atoms with van der Waals surface area (Å²) < 4.78 is 4.65. The number of unbranched alkanes of at least 4 members (excludes halogenated alkanes) is 18. The molecular formula is C34H58N2O2+2. The minimum atomic E-state index is 0.350. The van der Waals surface area contributed by atoms with E-state index in [-0.39, 0.29) is 0 Å². The minimum Gasteiger partial charge on any atom is -0.396 e. The monoisotopic (exact) mass is 526 g/mol. The third-order valence-electron chi connectivity index (χ3n) is 7.76. The van der Waals surface area contributed by atoms with Crippen LogP contribution in [0.4, 0.5) is 0 Å². The second-order valence-corrected chi connectivity index (χ2v) is 11.2. The molecule has 2 aromatic heterocycles. The summed E-state index contributed by atoms with van der Waals surface area (Å²) in [4.78, 5) is 0. The topological polar surface area (TPSA) is 48.2 Å². The quantitative estimate of drug-likeness (QED) is 0.103. The highest BCUT2D eigenvalue weighted by Gasteiger charge is 2.06. The zero-order chi connectivity index (χ0) is 26.9. The lowest BCUT2D eigenvalue weighted by molar-refractivity contribution is -0.697. The van der Waals surface area contributed by atoms with Gasteiger partial charge in [0.1, 0.15) is 13.1 Å². The zero-order valence-electron chi connectivity index (χ0n) is 24.4. The van der Waals surface area contributed by atoms with Crippen molar-refractivity contribution >= 4 is 0 Å². The molecular weight excluding hydrogens is 468 g/mol. The van der Waals surface area contributed by atoms with Gasteiger partial charge in [0.05, 0.1) is 0 Å². The predicted molar refractivity (Wildman–Crippen MR) is 159 cm³/mol. The summed E-state index contributed by atoms with van der Waals surface area (Å²) in [5.74, 6) is 0. The number of aryl methyl sites for hydroxylation is 2. The second kappa shape index (κ2) is 23.1. The molecule has 0 aliphatic carbocycles. The van der Waals surface area contributed by atoms with Gasteiger partial charge in [0.15, 0.2) is 24.8 Å². The van der Waals surface area contributed by atoms with Crippen molar-refractivity contribution < 1.29 is 19.3 Å². The highest BCUT2D eigenvalue weighted by atomic mass is 16.3. The van der Waals surface area contributed by atoms with Gasteiger partial charge in [-0.2, -0.15) is 0 Å². The molecule has 0 aliphatic rings. The Hall–Kier alpha value is -1.78. The molecule has 2 heterocycles. The molecule has 0 amide bonds. The van der Waals surface area contributed by atoms with Gasteiger partial charge in [-0.15, -0.1) is 0 Å². The van der Waals surface area contributed by atoms with E-state index in [1.54, 1.807) is 0 Å². The van der Waals surface area contributed by atoms with E-state index in [9.17, 15) is 0 Å². The number of aliphatic hydroxyl groups excluding tert-OH is 2. The van der Waals surface area contributed by atoms with Crippen molar-refractivity contribution in [1.82, 2.24) is 0 Å². The molecule has 0 radical (unpaired) electrons. The Labute approximate surface area is 234 Å². The average Bonchev–Trinajstić information content (AvgIpc) is 2.95. The van der Waals surface area contributed by atoms with E-state index in [2.05, 4.69) is 58.2 Å². The van der Waals surface area contributed by atoms with Gasteiger partial charge in [0.25, 0.3) is 0 Å². The van der Waals surface area contributed by atoms with Crippen LogP contribution in [0.2, 0.25) is 0 Å². The van der Waals surface area contributed by atoms with E-state index in [1.165, 1.54) is 127 Å². The Morgan fingerprint density at radius 3 is 0.842 bits per heavy atom. The summed E-state index contributed by atoms with van der Waals surface area (Å²) >= 11 is 0. The largest absolute Gasteiger partial charge is 0.396 e. The number of hydrogen-bond donors (Lipinski definition) is 2. The van der Waals surface area contributed by atoms with E-state index in [0.717, 1.165) is 25.9 Å². The molecule has 4 heteroatoms. The highest BCUT2D eigenvalue weighted by Crippen LogP contribution is 2.16. The van der Waals surface area contributed by atoms with Crippen LogP contribution in [0.25, 0.3) is 11.1 Å². The smallest absolute Gasteiger partial charge is 0.169 e. The molecule has 0 bridgehead atoms. The number of nitrogens with zero attached hydrogens (tertiary/aromatic N) is 2. The molecule has 38 heavy (non-hydrogen) atoms. The van der Waals surface area contributed by atoms with Crippen molar-refractivity contribution in [2.75, 3.05) is 13.2 Å². The molecule has 214 valence electrons. The molecule has 2 aromatic rings. The lowest BCUT2D eigenvalue weighted by Crippen LogP contribution is -2.33. The van der Waals surface area contributed by atoms with Gasteiger partial charge in [-0.3, -0.25) is 0 Å². The van der Waals surface area contributed by atoms with Crippen LogP contribution in [0.1, 0.15) is 128 Å². The molecule has 0 atom stereocenters. The molecule has 0 spiro atoms. The molecule has 0 aromatic carbocycles. The van der Waals surface area contributed by atoms with Gasteiger partial charge in [0, 0.05) is 50.3 Å². The Balaban J connectivity index is 1.50. The first-order valence-corrected chi connectivity index (χ1v) is 16.0. The fourth-order valence-electron chi connectivity index (χ4n) is 5.24. The van der Waals surface area contributed by atoms with E-state index in [1.807, 2.05) is 0 Å². The van der Waals surface area contributed by atoms with Gasteiger partial charge >= 0.3 is 0 Å². The Bertz CT molecular complexity index is 709. The molecule has 0 saturated heterocycles. The van der Waals surface area contributed by atoms with Gasteiger partial charge in [-0.1, -0.05) is 89.9 Å². The lowest BCUT2D eigenvalue weighted by Gasteiger charge is -2.03. The van der Waals surface area contributed by atoms with E-state index >= 15 is 0 Å². The normalized spacial score (nSPS) is 11.3. The summed E-state index contributed by atoms with van der Waals surface area (Å²) in [6.07, 6.45) is 34.5. The number of rotatable bonds is 25. The third-order valence-corrected chi connectivity index (χ3v) is 7.76. The number of hydrogen-bond acceptors (Lipinski definition) is 2. The van der Waals surface area contributed by atoms with Crippen molar-refractivity contribution in [3.05, 3.63) is 49.1 Å². The van der Waals surface area contributed by atoms with Crippen molar-refractivity contribution in [1.29, 1.82) is 0 Å². The van der Waals surface area contributed by atoms with E-state index in [4.69, 9.17) is 10.2 Å². The van der Waals surface area contributed by atoms with Crippen molar-refractivity contribution in [3.63, 3.8) is 0 Å². The standard InChI is InChI=1S/C34H58N2O2/c37-31-19-15-11-7-3-1-5-9-13-17-25-35-27-21-33(22-28-35)34-23-29-36(30-24-34)26-18-14-10-6-2-4-8-12-16-20-32-38/h21-24,27-30,37-38H,1-20,25-26,31-32H2/q+2. The predicted octanol–water partition coefficient (Wildman–Crippen LogP) is 7.72. The summed E-state index contributed by atoms with van der Waals surface area (Å²) in [5.41, 5.74) is 2.59. The fourth-order valence-corrected chi connectivity index (χ4v) is 5.24. The van der Waals surface area contributed by atoms with Crippen LogP contribution in [0.3, 0.4) is 0 Å². The maximum Gasteiger partial charge on any atom is 0.169 e. The molecule has 4 nitrogen and oxygen atoms in total. The first-order chi connectivity index (χ1) is 18.8. The van der Waals surface area contributed by atoms with E-state index < -0.39 is 0 Å². The second-order valence-electron chi connectivity index (χ2n) is 11.2. The Morgan fingerprint density at radius 1 is 0.342 bits per heavy atom. The summed E-state index contributed by atoms with van der Waals surface area (Å²) in [5, 5.41) is 17.6. The van der Waals surface area contributed by atoms with Crippen LogP contribution in [-0.2, 0) is 13.1 Å². The van der Waals surface area contributed by atoms with Gasteiger partial charge in [0.2, 0.25) is 0 Å². The first-order valence-electron chi connectivity index (χ1n) is 16.0. The van der Waals surface area contributed by atoms with Crippen molar-refractivity contribution in [3.8, 4) is 11.1 Å². The summed E-state index contributed by atoms with van der Waals surface area (Å²) in [6, 6.07) is 9.01. The summed E-state index contributed by atoms with van der Waals surface area (Å²) in [6.45, 7) is 2.92. The molecule has 0 aliphatic heterocycles. The first kappa shape index (κ1) is 32.4. The number of aromatic nitrogens is 2. The van der Waals surface area contributed by atoms with Crippen LogP contribution in [-0.4, -0.2) is 23.4 Å². The fraction of sp³-hybridized carbons (Fsp3) is 0.706. The summed E-state index contributed by atoms with van der Waals surface area (Å²) in [7, 11) is 0. The molecule has 2 rings (SSSR count). The van der Waals surface area contributed by atoms with Crippen molar-refractivity contribution in [2.24, 2.45) is 0 Å². The molecule has 0 fully saturated rings. The average molecular weight is 527 g/mol. The molecule has 0 unspecified atom stereocenters. The zero-order valence-corrected chi connectivity index (χ0v) is 24.4. The van der Waals surface area contributed by atoms with Crippen LogP contribution in [0, 0.1) is 0 Å². The van der Waals surface area contributed by atoms with Crippen LogP contribution < -0.4 is 9.13 Å². The Kier molecular flexibility index (Phi) is 19.7. The number of aliphatic hydroxyl groups is 2. The minimum absolute atomic E-state index is 0.350. The SMILES string of the molecule is OCCCCCCCCCCCC[n+]1ccc(-c2cc[n+](CCCCCCCCCCCCO)cc2)cc1. The maximum absolute atomic E-state index is 8.81. The van der Waals surface area contributed by atoms with Gasteiger partial charge < -0.3 is 10.2 Å². The van der Waals surface area contributed by atoms with E-state index in [0.29, 0.717) is 13.2 Å². The van der Waals surface area contributed by atoms with Gasteiger partial charge in [-0.05, 0) is 36.8 Å². The van der Waals surface area contributed by atoms with Gasteiger partial charge in [-0.25, -0.2) is 9.13 Å². The molecule has 0 saturated carbocycles. The van der Waals surface area contributed by atoms with Crippen LogP contribution >= 0.6 is 0 Å². The number of pyridine rings is 2. The van der Waals surface area contributed by atoms with Crippen LogP contribution in [0.15, 0.2) is 49.1 Å². The lowest BCUT2D eigenvalue weighted by atomic mass is 10.1.